The Morgan fingerprint density at radius 3 is 2.64 bits per heavy atom. The highest BCUT2D eigenvalue weighted by atomic mass is 35.5. The van der Waals surface area contributed by atoms with E-state index in [0.717, 1.165) is 24.2 Å². The van der Waals surface area contributed by atoms with Crippen LogP contribution in [0.3, 0.4) is 0 Å². The summed E-state index contributed by atoms with van der Waals surface area (Å²) in [5.41, 5.74) is 7.35. The van der Waals surface area contributed by atoms with Gasteiger partial charge in [0.25, 0.3) is 0 Å². The molecule has 0 saturated carbocycles. The first-order valence-corrected chi connectivity index (χ1v) is 8.05. The van der Waals surface area contributed by atoms with Crippen LogP contribution in [0.15, 0.2) is 41.4 Å². The topological polar surface area (TPSA) is 53.1 Å². The number of halogens is 2. The van der Waals surface area contributed by atoms with E-state index in [1.54, 1.807) is 0 Å². The van der Waals surface area contributed by atoms with Gasteiger partial charge in [0.15, 0.2) is 0 Å². The Balaban J connectivity index is 1.96. The van der Waals surface area contributed by atoms with E-state index in [2.05, 4.69) is 11.0 Å². The molecule has 0 spiro atoms. The summed E-state index contributed by atoms with van der Waals surface area (Å²) in [5, 5.41) is 10.7. The van der Waals surface area contributed by atoms with E-state index >= 15 is 0 Å². The van der Waals surface area contributed by atoms with Gasteiger partial charge in [-0.1, -0.05) is 47.5 Å². The van der Waals surface area contributed by atoms with Gasteiger partial charge in [-0.05, 0) is 37.2 Å². The summed E-state index contributed by atoms with van der Waals surface area (Å²) in [7, 11) is 0. The summed E-state index contributed by atoms with van der Waals surface area (Å²) >= 11 is 12.7. The third-order valence-electron chi connectivity index (χ3n) is 4.31. The Kier molecular flexibility index (Phi) is 4.29. The van der Waals surface area contributed by atoms with Gasteiger partial charge in [0.1, 0.15) is 0 Å². The van der Waals surface area contributed by atoms with Crippen molar-refractivity contribution >= 4 is 28.8 Å². The molecule has 0 bridgehead atoms. The number of benzene rings is 1. The summed E-state index contributed by atoms with van der Waals surface area (Å²) in [5.74, 6) is -0.429. The fraction of sp³-hybridized carbons (Fsp3) is 0.353. The molecule has 22 heavy (non-hydrogen) atoms. The molecule has 1 aliphatic carbocycles. The average molecular weight is 334 g/mol. The molecule has 0 radical (unpaired) electrons. The monoisotopic (exact) mass is 333 g/mol. The molecule has 3 nitrogen and oxygen atoms in total. The number of nitrogens with zero attached hydrogens (tertiary/aromatic N) is 2. The van der Waals surface area contributed by atoms with Gasteiger partial charge in [-0.2, -0.15) is 5.26 Å². The van der Waals surface area contributed by atoms with Crippen molar-refractivity contribution < 1.29 is 0 Å². The van der Waals surface area contributed by atoms with E-state index in [1.807, 2.05) is 36.4 Å². The van der Waals surface area contributed by atoms with Gasteiger partial charge in [-0.15, -0.1) is 0 Å². The summed E-state index contributed by atoms with van der Waals surface area (Å²) < 4.78 is 0. The van der Waals surface area contributed by atoms with Gasteiger partial charge < -0.3 is 10.6 Å². The van der Waals surface area contributed by atoms with E-state index < -0.39 is 11.5 Å². The smallest absolute Gasteiger partial charge is 0.0881 e. The summed E-state index contributed by atoms with van der Waals surface area (Å²) in [4.78, 5) is 2.25. The molecule has 1 aliphatic heterocycles. The Morgan fingerprint density at radius 2 is 2.05 bits per heavy atom. The molecular formula is C17H17Cl2N3. The van der Waals surface area contributed by atoms with Crippen LogP contribution >= 0.6 is 23.2 Å². The first-order chi connectivity index (χ1) is 10.5. The van der Waals surface area contributed by atoms with E-state index in [4.69, 9.17) is 28.9 Å². The van der Waals surface area contributed by atoms with Crippen molar-refractivity contribution in [2.75, 3.05) is 19.6 Å². The van der Waals surface area contributed by atoms with Crippen LogP contribution in [-0.4, -0.2) is 30.1 Å². The molecule has 0 aromatic heterocycles. The molecule has 114 valence electrons. The minimum absolute atomic E-state index is 0.429. The first-order valence-electron chi connectivity index (χ1n) is 7.30. The highest BCUT2D eigenvalue weighted by Crippen LogP contribution is 2.39. The van der Waals surface area contributed by atoms with Gasteiger partial charge in [0.05, 0.1) is 17.5 Å². The second-order valence-electron chi connectivity index (χ2n) is 5.90. The molecule has 2 aliphatic rings. The second-order valence-corrected chi connectivity index (χ2v) is 6.72. The first kappa shape index (κ1) is 15.6. The maximum atomic E-state index is 9.55. The molecule has 1 fully saturated rings. The van der Waals surface area contributed by atoms with Gasteiger partial charge in [-0.25, -0.2) is 0 Å². The molecule has 2 unspecified atom stereocenters. The zero-order chi connectivity index (χ0) is 15.7. The standard InChI is InChI=1S/C17H17Cl2N3/c18-15-5-2-1-4-13(15)14-8-12(10-20)17(21,9-16(14)19)11-22-6-3-7-22/h1-2,4-5,8-9,12H,3,6-7,11,21H2. The highest BCUT2D eigenvalue weighted by molar-refractivity contribution is 6.39. The molecule has 0 amide bonds. The molecule has 2 N–H and O–H groups in total. The molecular weight excluding hydrogens is 317 g/mol. The van der Waals surface area contributed by atoms with E-state index in [0.29, 0.717) is 16.6 Å². The molecule has 5 heteroatoms. The lowest BCUT2D eigenvalue weighted by Crippen LogP contribution is -2.57. The minimum Gasteiger partial charge on any atom is -0.319 e. The third kappa shape index (κ3) is 2.80. The van der Waals surface area contributed by atoms with Crippen molar-refractivity contribution in [3.63, 3.8) is 0 Å². The fourth-order valence-corrected chi connectivity index (χ4v) is 3.54. The molecule has 1 aromatic rings. The van der Waals surface area contributed by atoms with Crippen molar-refractivity contribution in [3.8, 4) is 6.07 Å². The lowest BCUT2D eigenvalue weighted by Gasteiger charge is -2.41. The Hall–Kier alpha value is -1.31. The summed E-state index contributed by atoms with van der Waals surface area (Å²) in [6, 6.07) is 9.79. The quantitative estimate of drug-likeness (QED) is 0.922. The molecule has 3 rings (SSSR count). The number of nitrogens with two attached hydrogens (primary N) is 1. The molecule has 1 saturated heterocycles. The minimum atomic E-state index is -0.753. The third-order valence-corrected chi connectivity index (χ3v) is 4.96. The molecule has 1 aromatic carbocycles. The zero-order valence-electron chi connectivity index (χ0n) is 12.1. The SMILES string of the molecule is N#CC1C=C(c2ccccc2Cl)C(Cl)=CC1(N)CN1CCC1. The van der Waals surface area contributed by atoms with Crippen LogP contribution in [0.5, 0.6) is 0 Å². The molecule has 1 heterocycles. The van der Waals surface area contributed by atoms with Gasteiger partial charge >= 0.3 is 0 Å². The Labute approximate surface area is 140 Å². The van der Waals surface area contributed by atoms with Gasteiger partial charge in [-0.3, -0.25) is 0 Å². The lowest BCUT2D eigenvalue weighted by atomic mass is 9.78. The maximum absolute atomic E-state index is 9.55. The van der Waals surface area contributed by atoms with Gasteiger partial charge in [0, 0.05) is 22.2 Å². The largest absolute Gasteiger partial charge is 0.319 e. The predicted molar refractivity (Wildman–Crippen MR) is 90.4 cm³/mol. The van der Waals surface area contributed by atoms with Crippen molar-refractivity contribution in [1.82, 2.24) is 4.90 Å². The number of nitriles is 1. The zero-order valence-corrected chi connectivity index (χ0v) is 13.6. The van der Waals surface area contributed by atoms with Crippen LogP contribution in [0.1, 0.15) is 12.0 Å². The van der Waals surface area contributed by atoms with Crippen LogP contribution in [0.25, 0.3) is 5.57 Å². The van der Waals surface area contributed by atoms with E-state index in [9.17, 15) is 5.26 Å². The number of likely N-dealkylation sites (tertiary alicyclic amines) is 1. The van der Waals surface area contributed by atoms with E-state index in [1.165, 1.54) is 6.42 Å². The molecule has 2 atom stereocenters. The number of allylic oxidation sites excluding steroid dienone is 2. The summed E-state index contributed by atoms with van der Waals surface area (Å²) in [6.45, 7) is 2.71. The van der Waals surface area contributed by atoms with Crippen molar-refractivity contribution in [1.29, 1.82) is 5.26 Å². The van der Waals surface area contributed by atoms with Crippen LogP contribution in [0, 0.1) is 17.2 Å². The fourth-order valence-electron chi connectivity index (χ4n) is 2.93. The number of hydrogen-bond donors (Lipinski definition) is 1. The van der Waals surface area contributed by atoms with Gasteiger partial charge in [0.2, 0.25) is 0 Å². The maximum Gasteiger partial charge on any atom is 0.0881 e. The van der Waals surface area contributed by atoms with E-state index in [-0.39, 0.29) is 0 Å². The van der Waals surface area contributed by atoms with Crippen molar-refractivity contribution in [2.45, 2.75) is 12.0 Å². The summed E-state index contributed by atoms with van der Waals surface area (Å²) in [6.07, 6.45) is 4.86. The predicted octanol–water partition coefficient (Wildman–Crippen LogP) is 3.40. The lowest BCUT2D eigenvalue weighted by molar-refractivity contribution is 0.144. The van der Waals surface area contributed by atoms with Crippen LogP contribution < -0.4 is 5.73 Å². The highest BCUT2D eigenvalue weighted by Gasteiger charge is 2.39. The van der Waals surface area contributed by atoms with Crippen molar-refractivity contribution in [3.05, 3.63) is 52.0 Å². The van der Waals surface area contributed by atoms with Crippen LogP contribution in [0.4, 0.5) is 0 Å². The Bertz CT molecular complexity index is 685. The average Bonchev–Trinajstić information content (AvgIpc) is 2.44. The number of hydrogen-bond acceptors (Lipinski definition) is 3. The Morgan fingerprint density at radius 1 is 1.32 bits per heavy atom. The van der Waals surface area contributed by atoms with Crippen LogP contribution in [-0.2, 0) is 0 Å². The van der Waals surface area contributed by atoms with Crippen molar-refractivity contribution in [2.24, 2.45) is 11.7 Å². The second kappa shape index (κ2) is 6.06. The van der Waals surface area contributed by atoms with Crippen LogP contribution in [0.2, 0.25) is 5.02 Å². The normalized spacial score (nSPS) is 28.4. The number of rotatable bonds is 3.